The lowest BCUT2D eigenvalue weighted by atomic mass is 10.2. The van der Waals surface area contributed by atoms with Crippen molar-refractivity contribution in [3.63, 3.8) is 0 Å². The number of hydrogen-bond donors (Lipinski definition) is 2. The number of aromatic nitrogens is 1. The summed E-state index contributed by atoms with van der Waals surface area (Å²) in [6, 6.07) is 5.10. The number of hydrogen-bond acceptors (Lipinski definition) is 5. The minimum Gasteiger partial charge on any atom is -0.481 e. The molecule has 2 aromatic rings. The first-order chi connectivity index (χ1) is 9.56. The second kappa shape index (κ2) is 6.33. The number of nitrogens with zero attached hydrogens (tertiary/aromatic N) is 1. The van der Waals surface area contributed by atoms with Gasteiger partial charge in [0.05, 0.1) is 4.88 Å². The lowest BCUT2D eigenvalue weighted by Crippen LogP contribution is -2.33. The van der Waals surface area contributed by atoms with Crippen LogP contribution >= 0.6 is 11.3 Å². The van der Waals surface area contributed by atoms with Gasteiger partial charge in [0.1, 0.15) is 0 Å². The van der Waals surface area contributed by atoms with Crippen LogP contribution in [-0.2, 0) is 4.79 Å². The maximum atomic E-state index is 11.9. The first-order valence-electron chi connectivity index (χ1n) is 6.09. The van der Waals surface area contributed by atoms with E-state index in [1.54, 1.807) is 13.0 Å². The maximum Gasteiger partial charge on any atom is 0.303 e. The molecule has 106 valence electrons. The third-order valence-electron chi connectivity index (χ3n) is 2.68. The summed E-state index contributed by atoms with van der Waals surface area (Å²) >= 11 is 1.50. The molecule has 20 heavy (non-hydrogen) atoms. The second-order valence-electron chi connectivity index (χ2n) is 4.36. The smallest absolute Gasteiger partial charge is 0.303 e. The van der Waals surface area contributed by atoms with Crippen LogP contribution in [0.2, 0.25) is 0 Å². The van der Waals surface area contributed by atoms with Gasteiger partial charge in [-0.1, -0.05) is 11.2 Å². The van der Waals surface area contributed by atoms with E-state index < -0.39 is 5.97 Å². The number of rotatable bonds is 6. The van der Waals surface area contributed by atoms with Gasteiger partial charge in [-0.2, -0.15) is 0 Å². The Labute approximate surface area is 119 Å². The number of amides is 1. The van der Waals surface area contributed by atoms with Gasteiger partial charge in [0.15, 0.2) is 11.5 Å². The summed E-state index contributed by atoms with van der Waals surface area (Å²) in [7, 11) is 0. The molecule has 0 radical (unpaired) electrons. The number of carbonyl (C=O) groups excluding carboxylic acids is 1. The summed E-state index contributed by atoms with van der Waals surface area (Å²) in [5.74, 6) is -0.703. The average Bonchev–Trinajstić information content (AvgIpc) is 3.06. The Balaban J connectivity index is 1.94. The van der Waals surface area contributed by atoms with Gasteiger partial charge < -0.3 is 14.9 Å². The molecule has 1 atom stereocenters. The third-order valence-corrected chi connectivity index (χ3v) is 3.56. The maximum absolute atomic E-state index is 11.9. The highest BCUT2D eigenvalue weighted by atomic mass is 32.1. The first kappa shape index (κ1) is 14.3. The minimum atomic E-state index is -0.882. The first-order valence-corrected chi connectivity index (χ1v) is 6.97. The average molecular weight is 294 g/mol. The zero-order valence-corrected chi connectivity index (χ0v) is 11.6. The molecule has 0 aliphatic heterocycles. The quantitative estimate of drug-likeness (QED) is 0.853. The van der Waals surface area contributed by atoms with Crippen molar-refractivity contribution in [2.24, 2.45) is 0 Å². The van der Waals surface area contributed by atoms with Crippen molar-refractivity contribution in [2.75, 3.05) is 0 Å². The van der Waals surface area contributed by atoms with Gasteiger partial charge >= 0.3 is 5.97 Å². The normalized spacial score (nSPS) is 12.1. The molecule has 2 aromatic heterocycles. The predicted octanol–water partition coefficient (Wildman–Crippen LogP) is 2.39. The fourth-order valence-electron chi connectivity index (χ4n) is 1.63. The molecule has 0 saturated heterocycles. The van der Waals surface area contributed by atoms with Crippen molar-refractivity contribution in [3.05, 3.63) is 29.3 Å². The van der Waals surface area contributed by atoms with Crippen LogP contribution in [0.3, 0.4) is 0 Å². The number of carboxylic acid groups (broad SMARTS) is 1. The van der Waals surface area contributed by atoms with E-state index in [1.807, 2.05) is 17.5 Å². The highest BCUT2D eigenvalue weighted by Gasteiger charge is 2.16. The Morgan fingerprint density at radius 1 is 1.55 bits per heavy atom. The summed E-state index contributed by atoms with van der Waals surface area (Å²) in [5.41, 5.74) is 0.190. The molecule has 6 nitrogen and oxygen atoms in total. The number of carbonyl (C=O) groups is 2. The van der Waals surface area contributed by atoms with Crippen LogP contribution in [-0.4, -0.2) is 28.2 Å². The Bertz CT molecular complexity index is 591. The van der Waals surface area contributed by atoms with Crippen molar-refractivity contribution < 1.29 is 19.2 Å². The van der Waals surface area contributed by atoms with Crippen LogP contribution in [0, 0.1) is 0 Å². The van der Waals surface area contributed by atoms with Gasteiger partial charge in [0.2, 0.25) is 0 Å². The summed E-state index contributed by atoms with van der Waals surface area (Å²) in [6.07, 6.45) is 0.386. The number of nitrogens with one attached hydrogen (secondary N) is 1. The van der Waals surface area contributed by atoms with Gasteiger partial charge in [-0.05, 0) is 24.8 Å². The van der Waals surface area contributed by atoms with Crippen LogP contribution in [0.5, 0.6) is 0 Å². The largest absolute Gasteiger partial charge is 0.481 e. The van der Waals surface area contributed by atoms with E-state index in [4.69, 9.17) is 9.63 Å². The SMILES string of the molecule is CC(CCC(=O)O)NC(=O)c1cc(-c2cccs2)on1. The molecule has 1 unspecified atom stereocenters. The molecule has 0 aliphatic rings. The van der Waals surface area contributed by atoms with Crippen molar-refractivity contribution in [2.45, 2.75) is 25.8 Å². The van der Waals surface area contributed by atoms with Gasteiger partial charge in [-0.15, -0.1) is 11.3 Å². The van der Waals surface area contributed by atoms with Crippen molar-refractivity contribution >= 4 is 23.2 Å². The second-order valence-corrected chi connectivity index (χ2v) is 5.31. The molecule has 2 heterocycles. The fraction of sp³-hybridized carbons (Fsp3) is 0.308. The Morgan fingerprint density at radius 2 is 2.35 bits per heavy atom. The lowest BCUT2D eigenvalue weighted by molar-refractivity contribution is -0.137. The number of thiophene rings is 1. The molecule has 0 aliphatic carbocycles. The molecule has 2 N–H and O–H groups in total. The summed E-state index contributed by atoms with van der Waals surface area (Å²) < 4.78 is 5.12. The van der Waals surface area contributed by atoms with E-state index in [2.05, 4.69) is 10.5 Å². The van der Waals surface area contributed by atoms with Crippen LogP contribution < -0.4 is 5.32 Å². The van der Waals surface area contributed by atoms with E-state index >= 15 is 0 Å². The topological polar surface area (TPSA) is 92.4 Å². The predicted molar refractivity (Wildman–Crippen MR) is 73.6 cm³/mol. The lowest BCUT2D eigenvalue weighted by Gasteiger charge is -2.10. The molecule has 0 aromatic carbocycles. The van der Waals surface area contributed by atoms with E-state index in [-0.39, 0.29) is 24.1 Å². The highest BCUT2D eigenvalue weighted by Crippen LogP contribution is 2.25. The van der Waals surface area contributed by atoms with Gasteiger partial charge in [-0.3, -0.25) is 9.59 Å². The van der Waals surface area contributed by atoms with Gasteiger partial charge in [0, 0.05) is 18.5 Å². The molecular formula is C13H14N2O4S. The van der Waals surface area contributed by atoms with Crippen LogP contribution in [0.4, 0.5) is 0 Å². The van der Waals surface area contributed by atoms with Gasteiger partial charge in [0.25, 0.3) is 5.91 Å². The van der Waals surface area contributed by atoms with E-state index in [9.17, 15) is 9.59 Å². The highest BCUT2D eigenvalue weighted by molar-refractivity contribution is 7.13. The number of carboxylic acids is 1. The van der Waals surface area contributed by atoms with Crippen LogP contribution in [0.1, 0.15) is 30.3 Å². The summed E-state index contributed by atoms with van der Waals surface area (Å²) in [6.45, 7) is 1.75. The standard InChI is InChI=1S/C13H14N2O4S/c1-8(4-5-12(16)17)14-13(18)9-7-10(19-15-9)11-3-2-6-20-11/h2-3,6-8H,4-5H2,1H3,(H,14,18)(H,16,17). The summed E-state index contributed by atoms with van der Waals surface area (Å²) in [4.78, 5) is 23.3. The van der Waals surface area contributed by atoms with Crippen LogP contribution in [0.25, 0.3) is 10.6 Å². The fourth-order valence-corrected chi connectivity index (χ4v) is 2.30. The van der Waals surface area contributed by atoms with Crippen molar-refractivity contribution in [1.82, 2.24) is 10.5 Å². The van der Waals surface area contributed by atoms with Gasteiger partial charge in [-0.25, -0.2) is 0 Å². The zero-order chi connectivity index (χ0) is 14.5. The van der Waals surface area contributed by atoms with E-state index in [0.717, 1.165) is 4.88 Å². The molecule has 7 heteroatoms. The Morgan fingerprint density at radius 3 is 3.00 bits per heavy atom. The number of aliphatic carboxylic acids is 1. The van der Waals surface area contributed by atoms with E-state index in [1.165, 1.54) is 11.3 Å². The van der Waals surface area contributed by atoms with Crippen LogP contribution in [0.15, 0.2) is 28.1 Å². The molecule has 0 bridgehead atoms. The molecule has 2 rings (SSSR count). The zero-order valence-electron chi connectivity index (χ0n) is 10.8. The molecule has 1 amide bonds. The Hall–Kier alpha value is -2.15. The third kappa shape index (κ3) is 3.67. The van der Waals surface area contributed by atoms with Crippen molar-refractivity contribution in [1.29, 1.82) is 0 Å². The minimum absolute atomic E-state index is 0.0146. The molecular weight excluding hydrogens is 280 g/mol. The molecule has 0 saturated carbocycles. The molecule has 0 spiro atoms. The van der Waals surface area contributed by atoms with Crippen molar-refractivity contribution in [3.8, 4) is 10.6 Å². The summed E-state index contributed by atoms with van der Waals surface area (Å²) in [5, 5.41) is 16.9. The monoisotopic (exact) mass is 294 g/mol. The molecule has 0 fully saturated rings. The Kier molecular flexibility index (Phi) is 4.52. The van der Waals surface area contributed by atoms with E-state index in [0.29, 0.717) is 12.2 Å².